The third-order valence-corrected chi connectivity index (χ3v) is 9.87. The van der Waals surface area contributed by atoms with E-state index in [1.807, 2.05) is 13.0 Å². The van der Waals surface area contributed by atoms with Gasteiger partial charge in [-0.1, -0.05) is 57.2 Å². The van der Waals surface area contributed by atoms with Crippen molar-refractivity contribution in [1.82, 2.24) is 9.78 Å². The van der Waals surface area contributed by atoms with Crippen LogP contribution in [0.2, 0.25) is 5.02 Å². The Morgan fingerprint density at radius 2 is 1.95 bits per heavy atom. The van der Waals surface area contributed by atoms with Crippen LogP contribution in [0, 0.1) is 29.1 Å². The summed E-state index contributed by atoms with van der Waals surface area (Å²) in [6, 6.07) is 7.04. The number of halogens is 1. The van der Waals surface area contributed by atoms with Gasteiger partial charge in [-0.3, -0.25) is 9.48 Å². The van der Waals surface area contributed by atoms with Crippen molar-refractivity contribution in [3.05, 3.63) is 64.8 Å². The number of carbonyl (C=O) groups excluding carboxylic acids is 2. The van der Waals surface area contributed by atoms with E-state index >= 15 is 0 Å². The molecule has 0 radical (unpaired) electrons. The zero-order valence-electron chi connectivity index (χ0n) is 23.9. The Labute approximate surface area is 240 Å². The van der Waals surface area contributed by atoms with Gasteiger partial charge in [0, 0.05) is 23.3 Å². The van der Waals surface area contributed by atoms with Crippen LogP contribution in [0.1, 0.15) is 64.2 Å². The van der Waals surface area contributed by atoms with Crippen LogP contribution in [-0.4, -0.2) is 49.6 Å². The largest absolute Gasteiger partial charge is 0.454 e. The molecule has 2 saturated carbocycles. The molecule has 2 fully saturated rings. The summed E-state index contributed by atoms with van der Waals surface area (Å²) in [5, 5.41) is 28.5. The van der Waals surface area contributed by atoms with E-state index in [-0.39, 0.29) is 29.2 Å². The first kappa shape index (κ1) is 28.8. The maximum absolute atomic E-state index is 13.9. The van der Waals surface area contributed by atoms with Gasteiger partial charge in [0.05, 0.1) is 12.0 Å². The number of benzene rings is 1. The molecule has 0 bridgehead atoms. The second-order valence-electron chi connectivity index (χ2n) is 12.5. The van der Waals surface area contributed by atoms with E-state index in [0.29, 0.717) is 46.3 Å². The molecule has 7 atom stereocenters. The van der Waals surface area contributed by atoms with Gasteiger partial charge in [-0.2, -0.15) is 5.10 Å². The highest BCUT2D eigenvalue weighted by molar-refractivity contribution is 6.30. The molecule has 0 aliphatic heterocycles. The van der Waals surface area contributed by atoms with E-state index in [9.17, 15) is 19.8 Å². The van der Waals surface area contributed by atoms with Gasteiger partial charge in [0.1, 0.15) is 23.0 Å². The Hall–Kier alpha value is -2.74. The Morgan fingerprint density at radius 1 is 1.27 bits per heavy atom. The molecule has 0 unspecified atom stereocenters. The van der Waals surface area contributed by atoms with Crippen LogP contribution in [0.5, 0.6) is 0 Å². The van der Waals surface area contributed by atoms with Crippen molar-refractivity contribution in [2.75, 3.05) is 0 Å². The highest BCUT2D eigenvalue weighted by Gasteiger charge is 2.61. The molecule has 0 amide bonds. The summed E-state index contributed by atoms with van der Waals surface area (Å²) in [5.74, 6) is -1.92. The van der Waals surface area contributed by atoms with Crippen molar-refractivity contribution in [3.8, 4) is 11.3 Å². The first-order valence-corrected chi connectivity index (χ1v) is 14.5. The van der Waals surface area contributed by atoms with Crippen LogP contribution >= 0.6 is 11.6 Å². The van der Waals surface area contributed by atoms with Gasteiger partial charge < -0.3 is 14.9 Å². The van der Waals surface area contributed by atoms with Crippen LogP contribution in [0.3, 0.4) is 0 Å². The second-order valence-corrected chi connectivity index (χ2v) is 13.0. The molecule has 8 heteroatoms. The monoisotopic (exact) mass is 566 g/mol. The van der Waals surface area contributed by atoms with Gasteiger partial charge in [-0.15, -0.1) is 0 Å². The Balaban J connectivity index is 1.55. The molecular weight excluding hydrogens is 528 g/mol. The lowest BCUT2D eigenvalue weighted by atomic mass is 9.77. The van der Waals surface area contributed by atoms with E-state index in [2.05, 4.69) is 25.5 Å². The number of hydrogen-bond donors (Lipinski definition) is 2. The molecule has 5 rings (SSSR count). The van der Waals surface area contributed by atoms with Crippen LogP contribution < -0.4 is 0 Å². The van der Waals surface area contributed by atoms with E-state index in [4.69, 9.17) is 16.3 Å². The number of aliphatic hydroxyl groups excluding tert-OH is 1. The van der Waals surface area contributed by atoms with E-state index in [1.54, 1.807) is 49.0 Å². The molecule has 7 nitrogen and oxygen atoms in total. The average Bonchev–Trinajstić information content (AvgIpc) is 3.18. The quantitative estimate of drug-likeness (QED) is 0.367. The maximum atomic E-state index is 13.9. The van der Waals surface area contributed by atoms with Crippen molar-refractivity contribution in [1.29, 1.82) is 0 Å². The fourth-order valence-corrected chi connectivity index (χ4v) is 7.17. The molecule has 2 aromatic rings. The molecule has 2 N–H and O–H groups in total. The number of esters is 1. The molecule has 1 aromatic carbocycles. The fraction of sp³-hybridized carbons (Fsp3) is 0.531. The molecule has 0 saturated heterocycles. The van der Waals surface area contributed by atoms with Crippen molar-refractivity contribution in [3.63, 3.8) is 0 Å². The van der Waals surface area contributed by atoms with Gasteiger partial charge in [-0.25, -0.2) is 4.79 Å². The number of ether oxygens (including phenoxy) is 1. The summed E-state index contributed by atoms with van der Waals surface area (Å²) < 4.78 is 7.83. The Kier molecular flexibility index (Phi) is 7.39. The summed E-state index contributed by atoms with van der Waals surface area (Å²) in [6.07, 6.45) is 2.94. The number of aryl methyl sites for hydroxylation is 1. The predicted molar refractivity (Wildman–Crippen MR) is 154 cm³/mol. The van der Waals surface area contributed by atoms with E-state index in [1.165, 1.54) is 0 Å². The predicted octanol–water partition coefficient (Wildman–Crippen LogP) is 5.63. The normalized spacial score (nSPS) is 34.8. The summed E-state index contributed by atoms with van der Waals surface area (Å²) >= 11 is 6.08. The number of nitrogens with zero attached hydrogens (tertiary/aromatic N) is 2. The van der Waals surface area contributed by atoms with Gasteiger partial charge >= 0.3 is 5.97 Å². The van der Waals surface area contributed by atoms with Gasteiger partial charge in [-0.05, 0) is 79.6 Å². The van der Waals surface area contributed by atoms with Crippen molar-refractivity contribution in [2.24, 2.45) is 29.1 Å². The molecule has 3 aliphatic rings. The van der Waals surface area contributed by atoms with Gasteiger partial charge in [0.25, 0.3) is 0 Å². The summed E-state index contributed by atoms with van der Waals surface area (Å²) in [5.41, 5.74) is 0.614. The van der Waals surface area contributed by atoms with Gasteiger partial charge in [0.15, 0.2) is 5.78 Å². The van der Waals surface area contributed by atoms with Crippen molar-refractivity contribution in [2.45, 2.75) is 78.2 Å². The number of aliphatic hydroxyl groups is 2. The molecule has 214 valence electrons. The minimum atomic E-state index is -1.89. The SMILES string of the molecule is C=C1CC[C@H]2[C@@H](/C=C(\C)C(=O)[C@@]3(O)C[C@H](C)[C@H](O)[C@@H]3[C@H]1OC(=O)c1cn(CC)nc1-c1ccc(Cl)cc1)C2(C)C. The summed E-state index contributed by atoms with van der Waals surface area (Å²) in [6.45, 7) is 14.7. The van der Waals surface area contributed by atoms with E-state index in [0.717, 1.165) is 6.42 Å². The lowest BCUT2D eigenvalue weighted by molar-refractivity contribution is -0.144. The van der Waals surface area contributed by atoms with Crippen LogP contribution in [0.15, 0.2) is 54.3 Å². The highest BCUT2D eigenvalue weighted by atomic mass is 35.5. The highest BCUT2D eigenvalue weighted by Crippen LogP contribution is 2.62. The molecule has 1 aromatic heterocycles. The van der Waals surface area contributed by atoms with Crippen LogP contribution in [0.25, 0.3) is 11.3 Å². The zero-order chi connectivity index (χ0) is 29.1. The number of Topliss-reactive ketones (excluding diaryl/α,β-unsaturated/α-hetero) is 1. The molecule has 3 aliphatic carbocycles. The minimum Gasteiger partial charge on any atom is -0.454 e. The fourth-order valence-electron chi connectivity index (χ4n) is 7.04. The number of allylic oxidation sites excluding steroid dienone is 1. The molecule has 0 spiro atoms. The van der Waals surface area contributed by atoms with Crippen molar-refractivity contribution < 1.29 is 24.5 Å². The first-order chi connectivity index (χ1) is 18.8. The van der Waals surface area contributed by atoms with Crippen LogP contribution in [-0.2, 0) is 16.1 Å². The first-order valence-electron chi connectivity index (χ1n) is 14.1. The number of aromatic nitrogens is 2. The number of fused-ring (bicyclic) bond motifs is 2. The lowest BCUT2D eigenvalue weighted by Crippen LogP contribution is -2.52. The molecular formula is C32H39ClN2O5. The molecule has 40 heavy (non-hydrogen) atoms. The Morgan fingerprint density at radius 3 is 2.60 bits per heavy atom. The summed E-state index contributed by atoms with van der Waals surface area (Å²) in [7, 11) is 0. The number of ketones is 1. The Bertz CT molecular complexity index is 1380. The number of carbonyl (C=O) groups is 2. The topological polar surface area (TPSA) is 102 Å². The average molecular weight is 567 g/mol. The second kappa shape index (κ2) is 10.3. The third kappa shape index (κ3) is 4.76. The maximum Gasteiger partial charge on any atom is 0.342 e. The summed E-state index contributed by atoms with van der Waals surface area (Å²) in [4.78, 5) is 27.7. The lowest BCUT2D eigenvalue weighted by Gasteiger charge is -2.36. The van der Waals surface area contributed by atoms with Crippen molar-refractivity contribution >= 4 is 23.4 Å². The standard InChI is InChI=1S/C32H39ClN2O5/c1-7-35-16-22(26(34-35)20-9-11-21(33)12-10-20)30(38)40-28-17(2)8-13-23-24(31(23,5)6)14-18(3)29(37)32(39)15-19(4)27(36)25(28)32/h9-12,14,16,19,23-25,27-28,36,39H,2,7-8,13,15H2,1,3-6H3/b18-14+/t19-,23-,24+,25+,27-,28-,32+/m0/s1. The number of hydrogen-bond acceptors (Lipinski definition) is 6. The third-order valence-electron chi connectivity index (χ3n) is 9.62. The zero-order valence-corrected chi connectivity index (χ0v) is 24.6. The smallest absolute Gasteiger partial charge is 0.342 e. The van der Waals surface area contributed by atoms with Crippen LogP contribution in [0.4, 0.5) is 0 Å². The van der Waals surface area contributed by atoms with E-state index < -0.39 is 35.5 Å². The molecule has 1 heterocycles. The van der Waals surface area contributed by atoms with Gasteiger partial charge in [0.2, 0.25) is 0 Å². The minimum absolute atomic E-state index is 0.0277. The number of rotatable bonds is 4.